The van der Waals surface area contributed by atoms with Gasteiger partial charge in [-0.3, -0.25) is 5.43 Å². The van der Waals surface area contributed by atoms with E-state index < -0.39 is 0 Å². The van der Waals surface area contributed by atoms with Crippen molar-refractivity contribution in [3.05, 3.63) is 47.0 Å². The highest BCUT2D eigenvalue weighted by molar-refractivity contribution is 6.30. The van der Waals surface area contributed by atoms with Crippen LogP contribution in [-0.2, 0) is 0 Å². The van der Waals surface area contributed by atoms with Gasteiger partial charge in [-0.2, -0.15) is 5.10 Å². The molecule has 22 heavy (non-hydrogen) atoms. The molecule has 0 amide bonds. The Balaban J connectivity index is 2.20. The van der Waals surface area contributed by atoms with Gasteiger partial charge in [0.05, 0.1) is 33.2 Å². The number of hydrogen-bond acceptors (Lipinski definition) is 5. The molecule has 1 N–H and O–H groups in total. The summed E-state index contributed by atoms with van der Waals surface area (Å²) in [6, 6.07) is 10.9. The molecule has 0 bridgehead atoms. The van der Waals surface area contributed by atoms with Gasteiger partial charge in [0, 0.05) is 10.6 Å². The molecule has 0 aromatic heterocycles. The van der Waals surface area contributed by atoms with Gasteiger partial charge in [0.15, 0.2) is 11.5 Å². The van der Waals surface area contributed by atoms with Crippen LogP contribution in [0.4, 0.5) is 5.69 Å². The van der Waals surface area contributed by atoms with Crippen LogP contribution in [0.3, 0.4) is 0 Å². The number of halogens is 1. The quantitative estimate of drug-likeness (QED) is 0.649. The second-order valence-corrected chi connectivity index (χ2v) is 4.78. The van der Waals surface area contributed by atoms with Gasteiger partial charge in [0.25, 0.3) is 0 Å². The molecular formula is C16H17ClN2O3. The number of nitrogens with one attached hydrogen (secondary N) is 1. The van der Waals surface area contributed by atoms with Crippen LogP contribution >= 0.6 is 11.6 Å². The molecular weight excluding hydrogens is 304 g/mol. The fourth-order valence-electron chi connectivity index (χ4n) is 1.92. The van der Waals surface area contributed by atoms with Crippen LogP contribution < -0.4 is 19.6 Å². The first-order chi connectivity index (χ1) is 10.7. The van der Waals surface area contributed by atoms with E-state index in [1.807, 2.05) is 24.3 Å². The summed E-state index contributed by atoms with van der Waals surface area (Å²) in [4.78, 5) is 0. The maximum Gasteiger partial charge on any atom is 0.203 e. The van der Waals surface area contributed by atoms with Crippen LogP contribution in [0.25, 0.3) is 0 Å². The molecule has 0 aliphatic rings. The van der Waals surface area contributed by atoms with E-state index in [2.05, 4.69) is 10.5 Å². The van der Waals surface area contributed by atoms with Gasteiger partial charge in [-0.1, -0.05) is 17.7 Å². The minimum Gasteiger partial charge on any atom is -0.493 e. The van der Waals surface area contributed by atoms with Gasteiger partial charge in [-0.25, -0.2) is 0 Å². The predicted molar refractivity (Wildman–Crippen MR) is 88.8 cm³/mol. The first kappa shape index (κ1) is 16.0. The van der Waals surface area contributed by atoms with Crippen molar-refractivity contribution in [2.24, 2.45) is 5.10 Å². The summed E-state index contributed by atoms with van der Waals surface area (Å²) in [6.07, 6.45) is 1.66. The number of anilines is 1. The molecule has 2 aromatic carbocycles. The predicted octanol–water partition coefficient (Wildman–Crippen LogP) is 3.81. The van der Waals surface area contributed by atoms with Gasteiger partial charge in [0.2, 0.25) is 5.75 Å². The third-order valence-electron chi connectivity index (χ3n) is 2.92. The number of ether oxygens (including phenoxy) is 3. The van der Waals surface area contributed by atoms with Gasteiger partial charge >= 0.3 is 0 Å². The number of methoxy groups -OCH3 is 3. The molecule has 0 aliphatic heterocycles. The monoisotopic (exact) mass is 320 g/mol. The first-order valence-electron chi connectivity index (χ1n) is 6.52. The summed E-state index contributed by atoms with van der Waals surface area (Å²) in [5.41, 5.74) is 4.52. The lowest BCUT2D eigenvalue weighted by Crippen LogP contribution is -1.97. The summed E-state index contributed by atoms with van der Waals surface area (Å²) >= 11 is 5.91. The van der Waals surface area contributed by atoms with Crippen molar-refractivity contribution in [1.82, 2.24) is 0 Å². The van der Waals surface area contributed by atoms with E-state index >= 15 is 0 Å². The van der Waals surface area contributed by atoms with E-state index in [0.29, 0.717) is 22.3 Å². The summed E-state index contributed by atoms with van der Waals surface area (Å²) in [5.74, 6) is 1.70. The average molecular weight is 321 g/mol. The third-order valence-corrected chi connectivity index (χ3v) is 3.15. The van der Waals surface area contributed by atoms with E-state index in [0.717, 1.165) is 11.3 Å². The summed E-state index contributed by atoms with van der Waals surface area (Å²) in [6.45, 7) is 0. The van der Waals surface area contributed by atoms with Crippen molar-refractivity contribution in [3.63, 3.8) is 0 Å². The van der Waals surface area contributed by atoms with E-state index in [1.165, 1.54) is 0 Å². The number of nitrogens with zero attached hydrogens (tertiary/aromatic N) is 1. The number of rotatable bonds is 6. The molecule has 2 rings (SSSR count). The molecule has 0 saturated heterocycles. The first-order valence-corrected chi connectivity index (χ1v) is 6.90. The van der Waals surface area contributed by atoms with E-state index in [-0.39, 0.29) is 0 Å². The highest BCUT2D eigenvalue weighted by Gasteiger charge is 2.12. The van der Waals surface area contributed by atoms with Gasteiger partial charge in [0.1, 0.15) is 0 Å². The fraction of sp³-hybridized carbons (Fsp3) is 0.188. The smallest absolute Gasteiger partial charge is 0.203 e. The highest BCUT2D eigenvalue weighted by Crippen LogP contribution is 2.37. The molecule has 116 valence electrons. The summed E-state index contributed by atoms with van der Waals surface area (Å²) in [7, 11) is 4.71. The maximum atomic E-state index is 5.91. The molecule has 0 heterocycles. The van der Waals surface area contributed by atoms with Crippen LogP contribution in [0, 0.1) is 0 Å². The lowest BCUT2D eigenvalue weighted by atomic mass is 10.2. The SMILES string of the molecule is COc1cc(/C=N/Nc2cccc(Cl)c2)cc(OC)c1OC. The lowest BCUT2D eigenvalue weighted by Gasteiger charge is -2.12. The standard InChI is InChI=1S/C16H17ClN2O3/c1-20-14-7-11(8-15(21-2)16(14)22-3)10-18-19-13-6-4-5-12(17)9-13/h4-10,19H,1-3H3/b18-10+. The van der Waals surface area contributed by atoms with Crippen LogP contribution in [0.5, 0.6) is 17.2 Å². The molecule has 6 heteroatoms. The number of hydrogen-bond donors (Lipinski definition) is 1. The van der Waals surface area contributed by atoms with Crippen molar-refractivity contribution in [2.75, 3.05) is 26.8 Å². The molecule has 5 nitrogen and oxygen atoms in total. The Kier molecular flexibility index (Phi) is 5.49. The highest BCUT2D eigenvalue weighted by atomic mass is 35.5. The van der Waals surface area contributed by atoms with Crippen molar-refractivity contribution < 1.29 is 14.2 Å². The van der Waals surface area contributed by atoms with Crippen molar-refractivity contribution in [1.29, 1.82) is 0 Å². The zero-order valence-electron chi connectivity index (χ0n) is 12.6. The third kappa shape index (κ3) is 3.83. The molecule has 0 atom stereocenters. The second kappa shape index (κ2) is 7.56. The molecule has 0 spiro atoms. The zero-order chi connectivity index (χ0) is 15.9. The van der Waals surface area contributed by atoms with E-state index in [9.17, 15) is 0 Å². The van der Waals surface area contributed by atoms with Crippen LogP contribution in [0.15, 0.2) is 41.5 Å². The van der Waals surface area contributed by atoms with Crippen LogP contribution in [0.2, 0.25) is 5.02 Å². The largest absolute Gasteiger partial charge is 0.493 e. The Bertz CT molecular complexity index is 649. The minimum atomic E-state index is 0.546. The maximum absolute atomic E-state index is 5.91. The zero-order valence-corrected chi connectivity index (χ0v) is 13.3. The van der Waals surface area contributed by atoms with Crippen LogP contribution in [0.1, 0.15) is 5.56 Å². The van der Waals surface area contributed by atoms with Crippen LogP contribution in [-0.4, -0.2) is 27.5 Å². The Morgan fingerprint density at radius 3 is 2.23 bits per heavy atom. The Labute approximate surface area is 134 Å². The van der Waals surface area contributed by atoms with E-state index in [1.54, 1.807) is 39.7 Å². The van der Waals surface area contributed by atoms with Gasteiger partial charge < -0.3 is 14.2 Å². The second-order valence-electron chi connectivity index (χ2n) is 4.34. The molecule has 0 unspecified atom stereocenters. The van der Waals surface area contributed by atoms with Crippen molar-refractivity contribution >= 4 is 23.5 Å². The lowest BCUT2D eigenvalue weighted by molar-refractivity contribution is 0.324. The number of hydrazone groups is 1. The Morgan fingerprint density at radius 1 is 1.00 bits per heavy atom. The molecule has 0 aliphatic carbocycles. The molecule has 0 fully saturated rings. The van der Waals surface area contributed by atoms with Gasteiger partial charge in [-0.05, 0) is 30.3 Å². The summed E-state index contributed by atoms with van der Waals surface area (Å²) in [5, 5.41) is 4.82. The summed E-state index contributed by atoms with van der Waals surface area (Å²) < 4.78 is 15.9. The topological polar surface area (TPSA) is 52.1 Å². The molecule has 0 radical (unpaired) electrons. The van der Waals surface area contributed by atoms with E-state index in [4.69, 9.17) is 25.8 Å². The van der Waals surface area contributed by atoms with Gasteiger partial charge in [-0.15, -0.1) is 0 Å². The Hall–Kier alpha value is -2.40. The van der Waals surface area contributed by atoms with Crippen molar-refractivity contribution in [3.8, 4) is 17.2 Å². The normalized spacial score (nSPS) is 10.5. The van der Waals surface area contributed by atoms with Crippen molar-refractivity contribution in [2.45, 2.75) is 0 Å². The number of benzene rings is 2. The minimum absolute atomic E-state index is 0.546. The fourth-order valence-corrected chi connectivity index (χ4v) is 2.11. The molecule has 0 saturated carbocycles. The Morgan fingerprint density at radius 2 is 1.68 bits per heavy atom. The molecule has 2 aromatic rings. The average Bonchev–Trinajstić information content (AvgIpc) is 2.53.